The normalized spacial score (nSPS) is 18.9. The molecule has 0 atom stereocenters. The summed E-state index contributed by atoms with van der Waals surface area (Å²) in [5.74, 6) is -0.668. The van der Waals surface area contributed by atoms with Crippen molar-refractivity contribution in [1.82, 2.24) is 9.88 Å². The number of nitrogens with one attached hydrogen (secondary N) is 1. The highest BCUT2D eigenvalue weighted by atomic mass is 16.5. The van der Waals surface area contributed by atoms with Gasteiger partial charge in [-0.15, -0.1) is 0 Å². The van der Waals surface area contributed by atoms with E-state index in [0.717, 1.165) is 34.7 Å². The number of hydrogen-bond donors (Lipinski definition) is 1. The molecule has 7 nitrogen and oxygen atoms in total. The third-order valence-electron chi connectivity index (χ3n) is 6.27. The van der Waals surface area contributed by atoms with E-state index in [1.54, 1.807) is 30.3 Å². The van der Waals surface area contributed by atoms with Crippen LogP contribution in [0.1, 0.15) is 62.0 Å². The average Bonchev–Trinajstić information content (AvgIpc) is 3.06. The second-order valence-corrected chi connectivity index (χ2v) is 8.37. The van der Waals surface area contributed by atoms with Crippen molar-refractivity contribution < 1.29 is 19.1 Å². The number of urea groups is 1. The Kier molecular flexibility index (Phi) is 6.17. The van der Waals surface area contributed by atoms with Gasteiger partial charge in [0.2, 0.25) is 0 Å². The number of anilines is 1. The quantitative estimate of drug-likeness (QED) is 0.546. The number of aromatic nitrogens is 1. The number of carbonyl (C=O) groups is 3. The first-order valence-corrected chi connectivity index (χ1v) is 11.2. The molecule has 2 aliphatic rings. The smallest absolute Gasteiger partial charge is 0.335 e. The van der Waals surface area contributed by atoms with Gasteiger partial charge in [-0.1, -0.05) is 19.3 Å². The molecule has 2 fully saturated rings. The van der Waals surface area contributed by atoms with Crippen LogP contribution < -0.4 is 15.0 Å². The minimum absolute atomic E-state index is 0.0534. The summed E-state index contributed by atoms with van der Waals surface area (Å²) in [5.41, 5.74) is 3.30. The van der Waals surface area contributed by atoms with Gasteiger partial charge in [0.1, 0.15) is 11.3 Å². The lowest BCUT2D eigenvalue weighted by Crippen LogP contribution is -2.54. The molecule has 0 radical (unpaired) electrons. The number of rotatable bonds is 5. The predicted molar refractivity (Wildman–Crippen MR) is 123 cm³/mol. The number of ether oxygens (including phenoxy) is 1. The van der Waals surface area contributed by atoms with Crippen molar-refractivity contribution in [3.63, 3.8) is 0 Å². The monoisotopic (exact) mass is 435 g/mol. The van der Waals surface area contributed by atoms with Gasteiger partial charge in [-0.25, -0.2) is 9.69 Å². The highest BCUT2D eigenvalue weighted by Gasteiger charge is 2.37. The maximum Gasteiger partial charge on any atom is 0.335 e. The lowest BCUT2D eigenvalue weighted by molar-refractivity contribution is -0.122. The number of hydrogen-bond acceptors (Lipinski definition) is 4. The van der Waals surface area contributed by atoms with Gasteiger partial charge in [0.25, 0.3) is 11.8 Å². The Labute approximate surface area is 188 Å². The second kappa shape index (κ2) is 9.02. The first-order chi connectivity index (χ1) is 15.4. The standard InChI is InChI=1S/C25H29N3O4/c1-4-32-21-12-10-20(11-13-21)28-24(30)22(23(29)26-25(28)31)15-18-14-16(2)27(17(18)3)19-8-6-5-7-9-19/h10-15,19H,4-9H2,1-3H3,(H,26,29,31). The summed E-state index contributed by atoms with van der Waals surface area (Å²) in [6, 6.07) is 8.35. The van der Waals surface area contributed by atoms with Gasteiger partial charge in [0.05, 0.1) is 12.3 Å². The Bertz CT molecular complexity index is 1080. The van der Waals surface area contributed by atoms with Crippen molar-refractivity contribution in [3.05, 3.63) is 52.9 Å². The molecule has 1 aliphatic carbocycles. The molecule has 32 heavy (non-hydrogen) atoms. The molecule has 1 aliphatic heterocycles. The first-order valence-electron chi connectivity index (χ1n) is 11.2. The summed E-state index contributed by atoms with van der Waals surface area (Å²) in [6.45, 7) is 6.48. The van der Waals surface area contributed by atoms with Crippen molar-refractivity contribution in [2.24, 2.45) is 0 Å². The fourth-order valence-corrected chi connectivity index (χ4v) is 4.76. The van der Waals surface area contributed by atoms with Crippen molar-refractivity contribution in [2.45, 2.75) is 58.9 Å². The van der Waals surface area contributed by atoms with Crippen molar-refractivity contribution >= 4 is 29.6 Å². The van der Waals surface area contributed by atoms with E-state index in [9.17, 15) is 14.4 Å². The fourth-order valence-electron chi connectivity index (χ4n) is 4.76. The average molecular weight is 436 g/mol. The van der Waals surface area contributed by atoms with Crippen LogP contribution in [0, 0.1) is 13.8 Å². The van der Waals surface area contributed by atoms with Gasteiger partial charge in [-0.05, 0) is 75.6 Å². The Morgan fingerprint density at radius 2 is 1.75 bits per heavy atom. The molecule has 1 saturated heterocycles. The van der Waals surface area contributed by atoms with E-state index in [-0.39, 0.29) is 5.57 Å². The number of carbonyl (C=O) groups excluding carboxylic acids is 3. The van der Waals surface area contributed by atoms with Gasteiger partial charge in [0, 0.05) is 17.4 Å². The third-order valence-corrected chi connectivity index (χ3v) is 6.27. The highest BCUT2D eigenvalue weighted by molar-refractivity contribution is 6.39. The van der Waals surface area contributed by atoms with Crippen molar-refractivity contribution in [3.8, 4) is 5.75 Å². The van der Waals surface area contributed by atoms with Crippen LogP contribution in [0.3, 0.4) is 0 Å². The van der Waals surface area contributed by atoms with E-state index in [2.05, 4.69) is 16.8 Å². The molecule has 1 aromatic carbocycles. The van der Waals surface area contributed by atoms with E-state index in [1.807, 2.05) is 19.9 Å². The van der Waals surface area contributed by atoms with E-state index >= 15 is 0 Å². The largest absolute Gasteiger partial charge is 0.494 e. The minimum atomic E-state index is -0.756. The molecular formula is C25H29N3O4. The van der Waals surface area contributed by atoms with E-state index < -0.39 is 17.8 Å². The van der Waals surface area contributed by atoms with Gasteiger partial charge < -0.3 is 9.30 Å². The topological polar surface area (TPSA) is 80.6 Å². The zero-order valence-corrected chi connectivity index (χ0v) is 18.8. The molecule has 4 rings (SSSR count). The Balaban J connectivity index is 1.66. The molecule has 1 aromatic heterocycles. The van der Waals surface area contributed by atoms with Gasteiger partial charge >= 0.3 is 6.03 Å². The number of amides is 4. The van der Waals surface area contributed by atoms with Crippen molar-refractivity contribution in [1.29, 1.82) is 0 Å². The molecule has 1 N–H and O–H groups in total. The summed E-state index contributed by atoms with van der Waals surface area (Å²) in [6.07, 6.45) is 7.61. The third kappa shape index (κ3) is 4.07. The lowest BCUT2D eigenvalue weighted by Gasteiger charge is -2.27. The molecule has 0 spiro atoms. The number of imide groups is 2. The van der Waals surface area contributed by atoms with Gasteiger partial charge in [0.15, 0.2) is 0 Å². The summed E-state index contributed by atoms with van der Waals surface area (Å²) in [4.78, 5) is 39.2. The Morgan fingerprint density at radius 3 is 2.41 bits per heavy atom. The SMILES string of the molecule is CCOc1ccc(N2C(=O)NC(=O)C(=Cc3cc(C)n(C4CCCCC4)c3C)C2=O)cc1. The fraction of sp³-hybridized carbons (Fsp3) is 0.400. The van der Waals surface area contributed by atoms with Crippen molar-refractivity contribution in [2.75, 3.05) is 11.5 Å². The molecule has 0 unspecified atom stereocenters. The summed E-state index contributed by atoms with van der Waals surface area (Å²) in [7, 11) is 0. The Morgan fingerprint density at radius 1 is 1.06 bits per heavy atom. The van der Waals surface area contributed by atoms with E-state index in [4.69, 9.17) is 4.74 Å². The van der Waals surface area contributed by atoms with Gasteiger partial charge in [-0.2, -0.15) is 0 Å². The molecule has 7 heteroatoms. The molecule has 1 saturated carbocycles. The second-order valence-electron chi connectivity index (χ2n) is 8.37. The van der Waals surface area contributed by atoms with Crippen LogP contribution in [0.15, 0.2) is 35.9 Å². The number of barbiturate groups is 1. The van der Waals surface area contributed by atoms with Crippen LogP contribution in [0.25, 0.3) is 6.08 Å². The maximum atomic E-state index is 13.2. The summed E-state index contributed by atoms with van der Waals surface area (Å²) >= 11 is 0. The van der Waals surface area contributed by atoms with Crippen LogP contribution in [0.4, 0.5) is 10.5 Å². The van der Waals surface area contributed by atoms with Crippen LogP contribution >= 0.6 is 0 Å². The molecule has 0 bridgehead atoms. The Hall–Kier alpha value is -3.35. The zero-order valence-electron chi connectivity index (χ0n) is 18.8. The lowest BCUT2D eigenvalue weighted by atomic mass is 9.95. The summed E-state index contributed by atoms with van der Waals surface area (Å²) in [5, 5.41) is 2.29. The van der Waals surface area contributed by atoms with Crippen LogP contribution in [0.2, 0.25) is 0 Å². The number of nitrogens with zero attached hydrogens (tertiary/aromatic N) is 2. The zero-order chi connectivity index (χ0) is 22.8. The number of benzene rings is 1. The molecule has 4 amide bonds. The van der Waals surface area contributed by atoms with Crippen LogP contribution in [0.5, 0.6) is 5.75 Å². The summed E-state index contributed by atoms with van der Waals surface area (Å²) < 4.78 is 7.75. The van der Waals surface area contributed by atoms with Crippen LogP contribution in [-0.2, 0) is 9.59 Å². The molecule has 168 valence electrons. The van der Waals surface area contributed by atoms with Gasteiger partial charge in [-0.3, -0.25) is 14.9 Å². The first kappa shape index (κ1) is 21.9. The highest BCUT2D eigenvalue weighted by Crippen LogP contribution is 2.33. The maximum absolute atomic E-state index is 13.2. The molecule has 2 heterocycles. The van der Waals surface area contributed by atoms with Crippen LogP contribution in [-0.4, -0.2) is 29.0 Å². The molecular weight excluding hydrogens is 406 g/mol. The predicted octanol–water partition coefficient (Wildman–Crippen LogP) is 4.68. The van der Waals surface area contributed by atoms with E-state index in [1.165, 1.54) is 19.3 Å². The molecule has 2 aromatic rings. The number of aryl methyl sites for hydroxylation is 1. The minimum Gasteiger partial charge on any atom is -0.494 e. The van der Waals surface area contributed by atoms with E-state index in [0.29, 0.717) is 24.1 Å².